The molecule has 0 N–H and O–H groups in total. The molecule has 0 saturated carbocycles. The molecular formula is C8H6BrNS2. The van der Waals surface area contributed by atoms with Crippen LogP contribution in [0.2, 0.25) is 0 Å². The SMILES string of the molecule is Cc1cnc(-c2ccc(Br)s2)s1. The molecule has 0 spiro atoms. The van der Waals surface area contributed by atoms with Crippen molar-refractivity contribution in [2.24, 2.45) is 0 Å². The van der Waals surface area contributed by atoms with E-state index in [0.29, 0.717) is 0 Å². The fourth-order valence-corrected chi connectivity index (χ4v) is 3.11. The van der Waals surface area contributed by atoms with Crippen LogP contribution in [0.15, 0.2) is 22.1 Å². The Morgan fingerprint density at radius 3 is 2.67 bits per heavy atom. The van der Waals surface area contributed by atoms with Crippen LogP contribution >= 0.6 is 38.6 Å². The second-order valence-electron chi connectivity index (χ2n) is 2.38. The second kappa shape index (κ2) is 3.28. The van der Waals surface area contributed by atoms with Crippen molar-refractivity contribution in [2.75, 3.05) is 0 Å². The number of thiazole rings is 1. The van der Waals surface area contributed by atoms with Crippen LogP contribution in [-0.2, 0) is 0 Å². The molecule has 2 heterocycles. The van der Waals surface area contributed by atoms with E-state index in [0.717, 1.165) is 8.79 Å². The van der Waals surface area contributed by atoms with Gasteiger partial charge >= 0.3 is 0 Å². The van der Waals surface area contributed by atoms with Gasteiger partial charge < -0.3 is 0 Å². The van der Waals surface area contributed by atoms with E-state index >= 15 is 0 Å². The third kappa shape index (κ3) is 1.60. The quantitative estimate of drug-likeness (QED) is 0.756. The minimum atomic E-state index is 1.11. The van der Waals surface area contributed by atoms with Crippen LogP contribution in [0.5, 0.6) is 0 Å². The van der Waals surface area contributed by atoms with Crippen molar-refractivity contribution < 1.29 is 0 Å². The van der Waals surface area contributed by atoms with Crippen LogP contribution in [0.3, 0.4) is 0 Å². The number of aryl methyl sites for hydroxylation is 1. The van der Waals surface area contributed by atoms with Crippen molar-refractivity contribution in [3.8, 4) is 9.88 Å². The fraction of sp³-hybridized carbons (Fsp3) is 0.125. The van der Waals surface area contributed by atoms with E-state index in [1.54, 1.807) is 22.7 Å². The summed E-state index contributed by atoms with van der Waals surface area (Å²) in [7, 11) is 0. The van der Waals surface area contributed by atoms with E-state index in [1.165, 1.54) is 9.75 Å². The zero-order chi connectivity index (χ0) is 8.55. The van der Waals surface area contributed by atoms with Crippen LogP contribution < -0.4 is 0 Å². The molecule has 0 radical (unpaired) electrons. The van der Waals surface area contributed by atoms with Gasteiger partial charge in [-0.2, -0.15) is 0 Å². The third-order valence-corrected chi connectivity index (χ3v) is 4.11. The summed E-state index contributed by atoms with van der Waals surface area (Å²) in [4.78, 5) is 6.80. The summed E-state index contributed by atoms with van der Waals surface area (Å²) in [5, 5.41) is 1.11. The van der Waals surface area contributed by atoms with Gasteiger partial charge in [0.05, 0.1) is 8.66 Å². The number of hydrogen-bond acceptors (Lipinski definition) is 3. The number of nitrogens with zero attached hydrogens (tertiary/aromatic N) is 1. The minimum absolute atomic E-state index is 1.11. The molecule has 12 heavy (non-hydrogen) atoms. The van der Waals surface area contributed by atoms with E-state index in [2.05, 4.69) is 40.0 Å². The summed E-state index contributed by atoms with van der Waals surface area (Å²) in [5.41, 5.74) is 0. The molecule has 0 amide bonds. The van der Waals surface area contributed by atoms with Crippen LogP contribution in [-0.4, -0.2) is 4.98 Å². The highest BCUT2D eigenvalue weighted by Gasteiger charge is 2.04. The van der Waals surface area contributed by atoms with E-state index in [1.807, 2.05) is 6.20 Å². The maximum Gasteiger partial charge on any atom is 0.133 e. The molecule has 0 aliphatic heterocycles. The van der Waals surface area contributed by atoms with E-state index in [9.17, 15) is 0 Å². The zero-order valence-corrected chi connectivity index (χ0v) is 9.59. The molecular weight excluding hydrogens is 254 g/mol. The summed E-state index contributed by atoms with van der Waals surface area (Å²) >= 11 is 6.88. The van der Waals surface area contributed by atoms with Crippen molar-refractivity contribution in [1.82, 2.24) is 4.98 Å². The lowest BCUT2D eigenvalue weighted by Crippen LogP contribution is -1.63. The largest absolute Gasteiger partial charge is 0.243 e. The molecule has 0 saturated heterocycles. The number of halogens is 1. The highest BCUT2D eigenvalue weighted by atomic mass is 79.9. The average molecular weight is 260 g/mol. The van der Waals surface area contributed by atoms with Gasteiger partial charge in [-0.05, 0) is 35.0 Å². The minimum Gasteiger partial charge on any atom is -0.243 e. The predicted octanol–water partition coefficient (Wildman–Crippen LogP) is 3.94. The van der Waals surface area contributed by atoms with Gasteiger partial charge in [0.1, 0.15) is 5.01 Å². The summed E-state index contributed by atoms with van der Waals surface area (Å²) in [6.45, 7) is 2.07. The van der Waals surface area contributed by atoms with Crippen molar-refractivity contribution in [1.29, 1.82) is 0 Å². The predicted molar refractivity (Wildman–Crippen MR) is 57.9 cm³/mol. The maximum absolute atomic E-state index is 4.31. The Kier molecular flexibility index (Phi) is 2.30. The molecule has 0 bridgehead atoms. The highest BCUT2D eigenvalue weighted by molar-refractivity contribution is 9.11. The summed E-state index contributed by atoms with van der Waals surface area (Å²) in [5.74, 6) is 0. The molecule has 0 aliphatic rings. The van der Waals surface area contributed by atoms with Gasteiger partial charge in [-0.25, -0.2) is 4.98 Å². The Morgan fingerprint density at radius 2 is 2.17 bits per heavy atom. The third-order valence-electron chi connectivity index (χ3n) is 1.41. The van der Waals surface area contributed by atoms with Gasteiger partial charge in [-0.3, -0.25) is 0 Å². The van der Waals surface area contributed by atoms with Crippen molar-refractivity contribution in [3.63, 3.8) is 0 Å². The summed E-state index contributed by atoms with van der Waals surface area (Å²) in [6, 6.07) is 4.14. The molecule has 2 aromatic heterocycles. The molecule has 0 aromatic carbocycles. The van der Waals surface area contributed by atoms with Gasteiger partial charge in [-0.15, -0.1) is 22.7 Å². The first-order valence-electron chi connectivity index (χ1n) is 3.44. The van der Waals surface area contributed by atoms with Crippen LogP contribution in [0.1, 0.15) is 4.88 Å². The van der Waals surface area contributed by atoms with Gasteiger partial charge in [-0.1, -0.05) is 0 Å². The highest BCUT2D eigenvalue weighted by Crippen LogP contribution is 2.33. The Bertz CT molecular complexity index is 353. The molecule has 1 nitrogen and oxygen atoms in total. The molecule has 62 valence electrons. The van der Waals surface area contributed by atoms with Gasteiger partial charge in [0, 0.05) is 11.1 Å². The topological polar surface area (TPSA) is 12.9 Å². The van der Waals surface area contributed by atoms with E-state index < -0.39 is 0 Å². The van der Waals surface area contributed by atoms with E-state index in [-0.39, 0.29) is 0 Å². The number of rotatable bonds is 1. The maximum atomic E-state index is 4.31. The van der Waals surface area contributed by atoms with Crippen molar-refractivity contribution >= 4 is 38.6 Å². The first-order chi connectivity index (χ1) is 5.75. The summed E-state index contributed by atoms with van der Waals surface area (Å²) < 4.78 is 1.16. The Hall–Kier alpha value is -0.190. The first kappa shape index (κ1) is 8.41. The normalized spacial score (nSPS) is 10.5. The number of thiophene rings is 1. The first-order valence-corrected chi connectivity index (χ1v) is 5.86. The van der Waals surface area contributed by atoms with Crippen LogP contribution in [0.4, 0.5) is 0 Å². The zero-order valence-electron chi connectivity index (χ0n) is 6.37. The standard InChI is InChI=1S/C8H6BrNS2/c1-5-4-10-8(11-5)6-2-3-7(9)12-6/h2-4H,1H3. The Balaban J connectivity index is 2.43. The van der Waals surface area contributed by atoms with Gasteiger partial charge in [0.2, 0.25) is 0 Å². The monoisotopic (exact) mass is 259 g/mol. The van der Waals surface area contributed by atoms with Gasteiger partial charge in [0.15, 0.2) is 0 Å². The number of hydrogen-bond donors (Lipinski definition) is 0. The van der Waals surface area contributed by atoms with Crippen LogP contribution in [0.25, 0.3) is 9.88 Å². The second-order valence-corrected chi connectivity index (χ2v) is 6.08. The lowest BCUT2D eigenvalue weighted by molar-refractivity contribution is 1.39. The lowest BCUT2D eigenvalue weighted by atomic mass is 10.5. The molecule has 2 rings (SSSR count). The van der Waals surface area contributed by atoms with Crippen LogP contribution in [0, 0.1) is 6.92 Å². The molecule has 4 heteroatoms. The average Bonchev–Trinajstić information content (AvgIpc) is 2.58. The molecule has 0 aliphatic carbocycles. The molecule has 0 fully saturated rings. The molecule has 0 unspecified atom stereocenters. The summed E-state index contributed by atoms with van der Waals surface area (Å²) in [6.07, 6.45) is 1.91. The number of aromatic nitrogens is 1. The fourth-order valence-electron chi connectivity index (χ4n) is 0.898. The van der Waals surface area contributed by atoms with Gasteiger partial charge in [0.25, 0.3) is 0 Å². The lowest BCUT2D eigenvalue weighted by Gasteiger charge is -1.84. The van der Waals surface area contributed by atoms with E-state index in [4.69, 9.17) is 0 Å². The molecule has 0 atom stereocenters. The Labute approximate surface area is 87.2 Å². The van der Waals surface area contributed by atoms with Crippen molar-refractivity contribution in [2.45, 2.75) is 6.92 Å². The smallest absolute Gasteiger partial charge is 0.133 e. The molecule has 2 aromatic rings. The Morgan fingerprint density at radius 1 is 1.33 bits per heavy atom. The van der Waals surface area contributed by atoms with Crippen molar-refractivity contribution in [3.05, 3.63) is 27.0 Å².